The summed E-state index contributed by atoms with van der Waals surface area (Å²) < 4.78 is 0. The van der Waals surface area contributed by atoms with Gasteiger partial charge < -0.3 is 10.6 Å². The lowest BCUT2D eigenvalue weighted by molar-refractivity contribution is 0.239. The maximum absolute atomic E-state index is 11.4. The van der Waals surface area contributed by atoms with Crippen molar-refractivity contribution < 1.29 is 4.79 Å². The molecule has 1 aromatic carbocycles. The fourth-order valence-electron chi connectivity index (χ4n) is 1.34. The zero-order valence-corrected chi connectivity index (χ0v) is 11.9. The van der Waals surface area contributed by atoms with Crippen molar-refractivity contribution >= 4 is 17.8 Å². The fraction of sp³-hybridized carbons (Fsp3) is 0.500. The Hall–Kier alpha value is -1.16. The van der Waals surface area contributed by atoms with Crippen molar-refractivity contribution in [2.45, 2.75) is 25.2 Å². The van der Waals surface area contributed by atoms with Gasteiger partial charge in [0.15, 0.2) is 0 Å². The maximum Gasteiger partial charge on any atom is 0.314 e. The molecule has 1 aromatic rings. The number of rotatable bonds is 7. The molecule has 0 unspecified atom stereocenters. The number of benzene rings is 1. The summed E-state index contributed by atoms with van der Waals surface area (Å²) in [6, 6.07) is 10.2. The number of carbonyl (C=O) groups excluding carboxylic acids is 1. The Bertz CT molecular complexity index is 341. The van der Waals surface area contributed by atoms with E-state index in [0.717, 1.165) is 25.3 Å². The predicted molar refractivity (Wildman–Crippen MR) is 78.0 cm³/mol. The lowest BCUT2D eigenvalue weighted by atomic mass is 10.2. The highest BCUT2D eigenvalue weighted by Crippen LogP contribution is 2.17. The van der Waals surface area contributed by atoms with Crippen molar-refractivity contribution in [1.82, 2.24) is 10.6 Å². The molecule has 0 heterocycles. The number of nitrogens with one attached hydrogen (secondary N) is 2. The predicted octanol–water partition coefficient (Wildman–Crippen LogP) is 3.12. The van der Waals surface area contributed by atoms with Crippen LogP contribution in [0.4, 0.5) is 4.79 Å². The number of hydrogen-bond donors (Lipinski definition) is 2. The minimum Gasteiger partial charge on any atom is -0.338 e. The first kappa shape index (κ1) is 14.9. The highest BCUT2D eigenvalue weighted by Gasteiger charge is 2.00. The standard InChI is InChI=1S/C14H22N2OS/c1-12(2)11-16-14(17)15-9-6-10-18-13-7-4-3-5-8-13/h3-5,7-8,12H,6,9-11H2,1-2H3,(H2,15,16,17). The third-order valence-corrected chi connectivity index (χ3v) is 3.39. The van der Waals surface area contributed by atoms with E-state index in [1.807, 2.05) is 30.0 Å². The van der Waals surface area contributed by atoms with Gasteiger partial charge in [0.05, 0.1) is 0 Å². The molecule has 100 valence electrons. The molecule has 0 fully saturated rings. The Morgan fingerprint density at radius 3 is 2.61 bits per heavy atom. The number of carbonyl (C=O) groups is 1. The van der Waals surface area contributed by atoms with Gasteiger partial charge in [-0.15, -0.1) is 11.8 Å². The zero-order chi connectivity index (χ0) is 13.2. The lowest BCUT2D eigenvalue weighted by Crippen LogP contribution is -2.37. The van der Waals surface area contributed by atoms with Crippen LogP contribution in [0.25, 0.3) is 0 Å². The van der Waals surface area contributed by atoms with Crippen LogP contribution in [-0.4, -0.2) is 24.9 Å². The summed E-state index contributed by atoms with van der Waals surface area (Å²) in [6.07, 6.45) is 0.981. The van der Waals surface area contributed by atoms with Crippen molar-refractivity contribution in [3.8, 4) is 0 Å². The molecule has 0 bridgehead atoms. The van der Waals surface area contributed by atoms with Crippen LogP contribution in [0.5, 0.6) is 0 Å². The van der Waals surface area contributed by atoms with Crippen LogP contribution in [0.1, 0.15) is 20.3 Å². The molecule has 0 aliphatic carbocycles. The van der Waals surface area contributed by atoms with Crippen LogP contribution in [0.3, 0.4) is 0 Å². The van der Waals surface area contributed by atoms with E-state index in [0.29, 0.717) is 5.92 Å². The molecule has 4 heteroatoms. The van der Waals surface area contributed by atoms with Crippen LogP contribution >= 0.6 is 11.8 Å². The van der Waals surface area contributed by atoms with Gasteiger partial charge in [-0.25, -0.2) is 4.79 Å². The van der Waals surface area contributed by atoms with Gasteiger partial charge in [-0.2, -0.15) is 0 Å². The van der Waals surface area contributed by atoms with E-state index >= 15 is 0 Å². The third-order valence-electron chi connectivity index (χ3n) is 2.29. The van der Waals surface area contributed by atoms with E-state index in [2.05, 4.69) is 36.6 Å². The van der Waals surface area contributed by atoms with Crippen LogP contribution in [0, 0.1) is 5.92 Å². The molecular weight excluding hydrogens is 244 g/mol. The second kappa shape index (κ2) is 8.86. The Kier molecular flexibility index (Phi) is 7.34. The van der Waals surface area contributed by atoms with Crippen molar-refractivity contribution in [2.75, 3.05) is 18.8 Å². The van der Waals surface area contributed by atoms with Gasteiger partial charge in [0.25, 0.3) is 0 Å². The van der Waals surface area contributed by atoms with Gasteiger partial charge in [-0.05, 0) is 30.2 Å². The van der Waals surface area contributed by atoms with Gasteiger partial charge in [0.1, 0.15) is 0 Å². The van der Waals surface area contributed by atoms with Crippen LogP contribution in [-0.2, 0) is 0 Å². The molecule has 0 spiro atoms. The summed E-state index contributed by atoms with van der Waals surface area (Å²) >= 11 is 1.82. The second-order valence-corrected chi connectivity index (χ2v) is 5.71. The van der Waals surface area contributed by atoms with Crippen LogP contribution in [0.15, 0.2) is 35.2 Å². The normalized spacial score (nSPS) is 10.4. The molecule has 0 saturated heterocycles. The molecule has 2 N–H and O–H groups in total. The second-order valence-electron chi connectivity index (χ2n) is 4.55. The Labute approximate surface area is 114 Å². The molecule has 3 nitrogen and oxygen atoms in total. The van der Waals surface area contributed by atoms with E-state index in [1.54, 1.807) is 0 Å². The first-order valence-electron chi connectivity index (χ1n) is 6.38. The molecule has 18 heavy (non-hydrogen) atoms. The van der Waals surface area contributed by atoms with Crippen molar-refractivity contribution in [3.05, 3.63) is 30.3 Å². The lowest BCUT2D eigenvalue weighted by Gasteiger charge is -2.09. The van der Waals surface area contributed by atoms with Gasteiger partial charge in [-0.3, -0.25) is 0 Å². The average Bonchev–Trinajstić information content (AvgIpc) is 2.37. The quantitative estimate of drug-likeness (QED) is 0.588. The summed E-state index contributed by atoms with van der Waals surface area (Å²) in [5.74, 6) is 1.51. The van der Waals surface area contributed by atoms with E-state index < -0.39 is 0 Å². The molecule has 1 rings (SSSR count). The summed E-state index contributed by atoms with van der Waals surface area (Å²) in [5.41, 5.74) is 0. The molecule has 0 aliphatic rings. The first-order valence-corrected chi connectivity index (χ1v) is 7.36. The Morgan fingerprint density at radius 2 is 1.94 bits per heavy atom. The monoisotopic (exact) mass is 266 g/mol. The van der Waals surface area contributed by atoms with Gasteiger partial charge >= 0.3 is 6.03 Å². The van der Waals surface area contributed by atoms with Gasteiger partial charge in [-0.1, -0.05) is 32.0 Å². The molecule has 0 saturated carbocycles. The minimum atomic E-state index is -0.0617. The first-order chi connectivity index (χ1) is 8.68. The largest absolute Gasteiger partial charge is 0.338 e. The van der Waals surface area contributed by atoms with Gasteiger partial charge in [0.2, 0.25) is 0 Å². The Morgan fingerprint density at radius 1 is 1.22 bits per heavy atom. The molecule has 0 aromatic heterocycles. The number of urea groups is 1. The van der Waals surface area contributed by atoms with E-state index in [9.17, 15) is 4.79 Å². The molecule has 0 radical (unpaired) electrons. The molecule has 0 aliphatic heterocycles. The average molecular weight is 266 g/mol. The third kappa shape index (κ3) is 7.22. The van der Waals surface area contributed by atoms with Crippen molar-refractivity contribution in [1.29, 1.82) is 0 Å². The summed E-state index contributed by atoms with van der Waals surface area (Å²) in [6.45, 7) is 5.61. The summed E-state index contributed by atoms with van der Waals surface area (Å²) in [7, 11) is 0. The summed E-state index contributed by atoms with van der Waals surface area (Å²) in [4.78, 5) is 12.6. The van der Waals surface area contributed by atoms with Crippen molar-refractivity contribution in [3.63, 3.8) is 0 Å². The number of amides is 2. The molecule has 2 amide bonds. The number of hydrogen-bond acceptors (Lipinski definition) is 2. The van der Waals surface area contributed by atoms with Crippen LogP contribution < -0.4 is 10.6 Å². The Balaban J connectivity index is 2.00. The van der Waals surface area contributed by atoms with Crippen LogP contribution in [0.2, 0.25) is 0 Å². The smallest absolute Gasteiger partial charge is 0.314 e. The van der Waals surface area contributed by atoms with E-state index in [1.165, 1.54) is 4.90 Å². The SMILES string of the molecule is CC(C)CNC(=O)NCCCSc1ccccc1. The summed E-state index contributed by atoms with van der Waals surface area (Å²) in [5, 5.41) is 5.69. The highest BCUT2D eigenvalue weighted by molar-refractivity contribution is 7.99. The molecular formula is C14H22N2OS. The highest BCUT2D eigenvalue weighted by atomic mass is 32.2. The number of thioether (sulfide) groups is 1. The fourth-order valence-corrected chi connectivity index (χ4v) is 2.21. The maximum atomic E-state index is 11.4. The van der Waals surface area contributed by atoms with E-state index in [4.69, 9.17) is 0 Å². The van der Waals surface area contributed by atoms with Gasteiger partial charge in [0, 0.05) is 18.0 Å². The minimum absolute atomic E-state index is 0.0617. The van der Waals surface area contributed by atoms with Crippen molar-refractivity contribution in [2.24, 2.45) is 5.92 Å². The zero-order valence-electron chi connectivity index (χ0n) is 11.1. The molecule has 0 atom stereocenters. The van der Waals surface area contributed by atoms with E-state index in [-0.39, 0.29) is 6.03 Å². The topological polar surface area (TPSA) is 41.1 Å².